The molecule has 2 aliphatic heterocycles. The van der Waals surface area contributed by atoms with Crippen molar-refractivity contribution in [1.29, 1.82) is 5.26 Å². The lowest BCUT2D eigenvalue weighted by Gasteiger charge is -2.54. The molecule has 3 aliphatic rings. The van der Waals surface area contributed by atoms with E-state index in [1.807, 2.05) is 18.3 Å². The normalized spacial score (nSPS) is 19.9. The molecule has 9 nitrogen and oxygen atoms in total. The number of nitrogens with zero attached hydrogens (tertiary/aromatic N) is 4. The van der Waals surface area contributed by atoms with Crippen molar-refractivity contribution in [2.24, 2.45) is 5.92 Å². The number of aromatic nitrogens is 2. The molecule has 2 N–H and O–H groups in total. The number of carbonyl (C=O) groups excluding carboxylic acids is 1. The van der Waals surface area contributed by atoms with E-state index in [-0.39, 0.29) is 36.2 Å². The predicted molar refractivity (Wildman–Crippen MR) is 140 cm³/mol. The topological polar surface area (TPSA) is 122 Å². The summed E-state index contributed by atoms with van der Waals surface area (Å²) in [6, 6.07) is 10.9. The number of amides is 1. The Balaban J connectivity index is 1.21. The van der Waals surface area contributed by atoms with Crippen LogP contribution >= 0.6 is 0 Å². The summed E-state index contributed by atoms with van der Waals surface area (Å²) in [5.74, 6) is 0.108. The molecule has 0 unspecified atom stereocenters. The van der Waals surface area contributed by atoms with Crippen LogP contribution in [0.3, 0.4) is 0 Å². The largest absolute Gasteiger partial charge is 0.346 e. The fraction of sp³-hybridized carbons (Fsp3) is 0.370. The lowest BCUT2D eigenvalue weighted by atomic mass is 9.84. The number of aromatic amines is 1. The number of nitriles is 1. The van der Waals surface area contributed by atoms with Crippen molar-refractivity contribution in [1.82, 2.24) is 19.2 Å². The minimum Gasteiger partial charge on any atom is -0.346 e. The number of pyridine rings is 1. The molecule has 4 heterocycles. The maximum atomic E-state index is 13.3. The van der Waals surface area contributed by atoms with Gasteiger partial charge in [-0.25, -0.2) is 17.8 Å². The number of anilines is 1. The van der Waals surface area contributed by atoms with Gasteiger partial charge in [0.2, 0.25) is 15.9 Å². The van der Waals surface area contributed by atoms with Crippen molar-refractivity contribution in [2.45, 2.75) is 36.1 Å². The van der Waals surface area contributed by atoms with E-state index < -0.39 is 21.4 Å². The third-order valence-corrected chi connectivity index (χ3v) is 9.56. The molecule has 1 aliphatic carbocycles. The van der Waals surface area contributed by atoms with Crippen LogP contribution in [-0.4, -0.2) is 65.2 Å². The molecule has 0 spiro atoms. The Morgan fingerprint density at radius 3 is 2.66 bits per heavy atom. The van der Waals surface area contributed by atoms with Crippen molar-refractivity contribution in [3.8, 4) is 6.07 Å². The molecule has 38 heavy (non-hydrogen) atoms. The average Bonchev–Trinajstić information content (AvgIpc) is 3.64. The Morgan fingerprint density at radius 2 is 2.00 bits per heavy atom. The van der Waals surface area contributed by atoms with Gasteiger partial charge in [0.1, 0.15) is 17.3 Å². The summed E-state index contributed by atoms with van der Waals surface area (Å²) >= 11 is 0. The number of nitrogens with one attached hydrogen (secondary N) is 2. The fourth-order valence-electron chi connectivity index (χ4n) is 5.39. The van der Waals surface area contributed by atoms with Crippen molar-refractivity contribution in [3.05, 3.63) is 60.1 Å². The molecule has 0 bridgehead atoms. The highest BCUT2D eigenvalue weighted by Gasteiger charge is 2.52. The van der Waals surface area contributed by atoms with Crippen LogP contribution in [0.5, 0.6) is 0 Å². The standard InChI is InChI=1S/C27H27FN6O3S/c28-20-3-5-21(6-4-20)38(36,37)34-16-27(17-34,10-11-29)33-13-8-18(9-14-33)23-15-24(32-26(35)19-1-2-19)31-25-22(23)7-12-30-25/h3-8,12,15,19H,1-2,9-10,13-14,16-17H2,(H2,30,31,32,35). The van der Waals surface area contributed by atoms with Crippen molar-refractivity contribution < 1.29 is 17.6 Å². The Morgan fingerprint density at radius 1 is 1.24 bits per heavy atom. The van der Waals surface area contributed by atoms with Gasteiger partial charge in [-0.15, -0.1) is 0 Å². The fourth-order valence-corrected chi connectivity index (χ4v) is 6.99. The number of hydrogen-bond donors (Lipinski definition) is 2. The van der Waals surface area contributed by atoms with Gasteiger partial charge in [0, 0.05) is 43.7 Å². The molecule has 2 aromatic heterocycles. The molecule has 11 heteroatoms. The van der Waals surface area contributed by atoms with Gasteiger partial charge in [-0.3, -0.25) is 9.69 Å². The molecular weight excluding hydrogens is 507 g/mol. The van der Waals surface area contributed by atoms with E-state index in [0.717, 1.165) is 41.5 Å². The molecule has 1 aromatic carbocycles. The Kier molecular flexibility index (Phi) is 6.06. The van der Waals surface area contributed by atoms with Crippen LogP contribution < -0.4 is 5.32 Å². The van der Waals surface area contributed by atoms with E-state index in [4.69, 9.17) is 0 Å². The van der Waals surface area contributed by atoms with Gasteiger partial charge in [-0.1, -0.05) is 6.08 Å². The van der Waals surface area contributed by atoms with Crippen LogP contribution in [0.1, 0.15) is 31.2 Å². The van der Waals surface area contributed by atoms with Crippen LogP contribution in [0.25, 0.3) is 16.6 Å². The zero-order valence-electron chi connectivity index (χ0n) is 20.7. The quantitative estimate of drug-likeness (QED) is 0.479. The number of rotatable bonds is 7. The highest BCUT2D eigenvalue weighted by molar-refractivity contribution is 7.89. The van der Waals surface area contributed by atoms with Crippen LogP contribution in [0.2, 0.25) is 0 Å². The van der Waals surface area contributed by atoms with Crippen molar-refractivity contribution >= 4 is 38.4 Å². The summed E-state index contributed by atoms with van der Waals surface area (Å²) in [5.41, 5.74) is 2.26. The monoisotopic (exact) mass is 534 g/mol. The van der Waals surface area contributed by atoms with Crippen LogP contribution in [-0.2, 0) is 14.8 Å². The highest BCUT2D eigenvalue weighted by Crippen LogP contribution is 2.39. The average molecular weight is 535 g/mol. The van der Waals surface area contributed by atoms with Crippen LogP contribution in [0.15, 0.2) is 53.6 Å². The SMILES string of the molecule is N#CCC1(N2CC=C(c3cc(NC(=O)C4CC4)nc4[nH]ccc34)CC2)CN(S(=O)(=O)c2ccc(F)cc2)C1. The van der Waals surface area contributed by atoms with Gasteiger partial charge < -0.3 is 10.3 Å². The van der Waals surface area contributed by atoms with Gasteiger partial charge in [0.15, 0.2) is 0 Å². The number of sulfonamides is 1. The lowest BCUT2D eigenvalue weighted by Crippen LogP contribution is -2.71. The minimum atomic E-state index is -3.76. The number of hydrogen-bond acceptors (Lipinski definition) is 6. The van der Waals surface area contributed by atoms with Crippen LogP contribution in [0.4, 0.5) is 10.2 Å². The molecule has 0 atom stereocenters. The van der Waals surface area contributed by atoms with Gasteiger partial charge in [-0.05, 0) is 66.8 Å². The summed E-state index contributed by atoms with van der Waals surface area (Å²) in [6.07, 6.45) is 6.69. The zero-order valence-corrected chi connectivity index (χ0v) is 21.5. The number of H-pyrrole nitrogens is 1. The van der Waals surface area contributed by atoms with E-state index in [9.17, 15) is 22.9 Å². The third kappa shape index (κ3) is 4.38. The van der Waals surface area contributed by atoms with E-state index in [2.05, 4.69) is 32.3 Å². The van der Waals surface area contributed by atoms with Gasteiger partial charge in [0.25, 0.3) is 0 Å². The Bertz CT molecular complexity index is 1580. The molecular formula is C27H27FN6O3S. The second kappa shape index (κ2) is 9.31. The maximum absolute atomic E-state index is 13.3. The molecule has 196 valence electrons. The number of carbonyl (C=O) groups is 1. The molecule has 1 saturated carbocycles. The zero-order chi connectivity index (χ0) is 26.5. The van der Waals surface area contributed by atoms with E-state index in [0.29, 0.717) is 31.0 Å². The molecule has 2 fully saturated rings. The molecule has 1 saturated heterocycles. The summed E-state index contributed by atoms with van der Waals surface area (Å²) in [6.45, 7) is 1.64. The first kappa shape index (κ1) is 24.7. The first-order valence-electron chi connectivity index (χ1n) is 12.7. The van der Waals surface area contributed by atoms with E-state index >= 15 is 0 Å². The van der Waals surface area contributed by atoms with Gasteiger partial charge in [0.05, 0.1) is 22.9 Å². The first-order chi connectivity index (χ1) is 18.3. The smallest absolute Gasteiger partial charge is 0.243 e. The first-order valence-corrected chi connectivity index (χ1v) is 14.1. The summed E-state index contributed by atoms with van der Waals surface area (Å²) < 4.78 is 40.7. The molecule has 3 aromatic rings. The second-order valence-corrected chi connectivity index (χ2v) is 12.2. The highest BCUT2D eigenvalue weighted by atomic mass is 32.2. The summed E-state index contributed by atoms with van der Waals surface area (Å²) in [4.78, 5) is 22.2. The van der Waals surface area contributed by atoms with Crippen molar-refractivity contribution in [3.63, 3.8) is 0 Å². The summed E-state index contributed by atoms with van der Waals surface area (Å²) in [5, 5.41) is 13.5. The maximum Gasteiger partial charge on any atom is 0.243 e. The third-order valence-electron chi connectivity index (χ3n) is 7.75. The van der Waals surface area contributed by atoms with Gasteiger partial charge in [-0.2, -0.15) is 9.57 Å². The number of fused-ring (bicyclic) bond motifs is 1. The van der Waals surface area contributed by atoms with Crippen molar-refractivity contribution in [2.75, 3.05) is 31.5 Å². The number of halogens is 1. The predicted octanol–water partition coefficient (Wildman–Crippen LogP) is 3.50. The van der Waals surface area contributed by atoms with Crippen LogP contribution in [0, 0.1) is 23.1 Å². The molecule has 1 amide bonds. The van der Waals surface area contributed by atoms with E-state index in [1.165, 1.54) is 16.4 Å². The second-order valence-electron chi connectivity index (χ2n) is 10.3. The minimum absolute atomic E-state index is 0.00160. The molecule has 6 rings (SSSR count). The Hall–Kier alpha value is -3.59. The van der Waals surface area contributed by atoms with E-state index in [1.54, 1.807) is 0 Å². The lowest BCUT2D eigenvalue weighted by molar-refractivity contribution is -0.117. The van der Waals surface area contributed by atoms with Gasteiger partial charge >= 0.3 is 0 Å². The Labute approximate surface area is 220 Å². The summed E-state index contributed by atoms with van der Waals surface area (Å²) in [7, 11) is -3.76. The molecule has 0 radical (unpaired) electrons. The number of benzene rings is 1.